The van der Waals surface area contributed by atoms with E-state index in [2.05, 4.69) is 10.0 Å². The second-order valence-electron chi connectivity index (χ2n) is 6.22. The molecule has 7 heteroatoms. The van der Waals surface area contributed by atoms with E-state index in [4.69, 9.17) is 0 Å². The highest BCUT2D eigenvalue weighted by Crippen LogP contribution is 2.21. The number of anilines is 1. The summed E-state index contributed by atoms with van der Waals surface area (Å²) >= 11 is 1.15. The minimum Gasteiger partial charge on any atom is -0.346 e. The van der Waals surface area contributed by atoms with E-state index in [0.29, 0.717) is 11.3 Å². The molecule has 0 unspecified atom stereocenters. The van der Waals surface area contributed by atoms with Crippen molar-refractivity contribution in [3.05, 3.63) is 82.7 Å². The van der Waals surface area contributed by atoms with Crippen LogP contribution in [-0.2, 0) is 10.0 Å². The molecule has 1 heterocycles. The molecule has 0 fully saturated rings. The van der Waals surface area contributed by atoms with Crippen molar-refractivity contribution in [1.29, 1.82) is 0 Å². The molecule has 0 aliphatic rings. The third-order valence-electron chi connectivity index (χ3n) is 4.08. The molecular formula is C20H20N2O3S2. The van der Waals surface area contributed by atoms with Crippen LogP contribution in [0.2, 0.25) is 0 Å². The van der Waals surface area contributed by atoms with Crippen LogP contribution in [0, 0.1) is 6.92 Å². The Morgan fingerprint density at radius 1 is 1.00 bits per heavy atom. The lowest BCUT2D eigenvalue weighted by Gasteiger charge is -2.15. The molecular weight excluding hydrogens is 380 g/mol. The van der Waals surface area contributed by atoms with Crippen molar-refractivity contribution < 1.29 is 13.2 Å². The number of rotatable bonds is 6. The second-order valence-corrected chi connectivity index (χ2v) is 9.08. The summed E-state index contributed by atoms with van der Waals surface area (Å²) in [5.41, 5.74) is 3.06. The maximum Gasteiger partial charge on any atom is 0.271 e. The van der Waals surface area contributed by atoms with Crippen LogP contribution < -0.4 is 10.0 Å². The Bertz CT molecular complexity index is 1010. The smallest absolute Gasteiger partial charge is 0.271 e. The van der Waals surface area contributed by atoms with Crippen LogP contribution in [0.3, 0.4) is 0 Å². The lowest BCUT2D eigenvalue weighted by molar-refractivity contribution is 0.0940. The highest BCUT2D eigenvalue weighted by Gasteiger charge is 2.16. The zero-order chi connectivity index (χ0) is 19.4. The molecule has 0 saturated carbocycles. The summed E-state index contributed by atoms with van der Waals surface area (Å²) in [7, 11) is -3.59. The SMILES string of the molecule is Cc1ccc([C@H](C)NC(=O)c2ccc(NS(=O)(=O)c3cccs3)cc2)cc1. The van der Waals surface area contributed by atoms with Gasteiger partial charge in [0.05, 0.1) is 6.04 Å². The molecule has 2 N–H and O–H groups in total. The maximum absolute atomic E-state index is 12.4. The lowest BCUT2D eigenvalue weighted by atomic mass is 10.1. The van der Waals surface area contributed by atoms with E-state index in [1.165, 1.54) is 0 Å². The minimum atomic E-state index is -3.59. The van der Waals surface area contributed by atoms with Gasteiger partial charge in [0.2, 0.25) is 0 Å². The fraction of sp³-hybridized carbons (Fsp3) is 0.150. The van der Waals surface area contributed by atoms with E-state index in [0.717, 1.165) is 22.5 Å². The molecule has 1 aromatic heterocycles. The number of carbonyl (C=O) groups is 1. The molecule has 1 atom stereocenters. The number of amides is 1. The van der Waals surface area contributed by atoms with Crippen molar-refractivity contribution in [3.8, 4) is 0 Å². The largest absolute Gasteiger partial charge is 0.346 e. The monoisotopic (exact) mass is 400 g/mol. The maximum atomic E-state index is 12.4. The van der Waals surface area contributed by atoms with Gasteiger partial charge in [-0.05, 0) is 55.1 Å². The van der Waals surface area contributed by atoms with Gasteiger partial charge in [0.1, 0.15) is 4.21 Å². The lowest BCUT2D eigenvalue weighted by Crippen LogP contribution is -2.26. The Balaban J connectivity index is 1.66. The zero-order valence-corrected chi connectivity index (χ0v) is 16.6. The molecule has 3 rings (SSSR count). The van der Waals surface area contributed by atoms with Gasteiger partial charge in [-0.2, -0.15) is 0 Å². The van der Waals surface area contributed by atoms with E-state index in [1.54, 1.807) is 41.8 Å². The number of hydrogen-bond acceptors (Lipinski definition) is 4. The molecule has 0 aliphatic carbocycles. The van der Waals surface area contributed by atoms with E-state index in [-0.39, 0.29) is 16.2 Å². The van der Waals surface area contributed by atoms with Crippen LogP contribution in [0.15, 0.2) is 70.3 Å². The molecule has 5 nitrogen and oxygen atoms in total. The molecule has 0 aliphatic heterocycles. The van der Waals surface area contributed by atoms with Crippen LogP contribution in [0.5, 0.6) is 0 Å². The number of hydrogen-bond donors (Lipinski definition) is 2. The average Bonchev–Trinajstić information content (AvgIpc) is 3.18. The molecule has 0 saturated heterocycles. The third-order valence-corrected chi connectivity index (χ3v) is 6.86. The molecule has 2 aromatic carbocycles. The predicted octanol–water partition coefficient (Wildman–Crippen LogP) is 4.35. The molecule has 0 radical (unpaired) electrons. The van der Waals surface area contributed by atoms with Gasteiger partial charge in [-0.15, -0.1) is 11.3 Å². The van der Waals surface area contributed by atoms with Gasteiger partial charge in [0, 0.05) is 11.3 Å². The van der Waals surface area contributed by atoms with E-state index < -0.39 is 10.0 Å². The summed E-state index contributed by atoms with van der Waals surface area (Å²) in [6.45, 7) is 3.94. The fourth-order valence-electron chi connectivity index (χ4n) is 2.53. The highest BCUT2D eigenvalue weighted by atomic mass is 32.2. The van der Waals surface area contributed by atoms with Crippen LogP contribution in [0.4, 0.5) is 5.69 Å². The second kappa shape index (κ2) is 7.94. The number of nitrogens with one attached hydrogen (secondary N) is 2. The summed E-state index contributed by atoms with van der Waals surface area (Å²) in [5, 5.41) is 4.65. The van der Waals surface area contributed by atoms with Crippen molar-refractivity contribution in [2.45, 2.75) is 24.1 Å². The number of carbonyl (C=O) groups excluding carboxylic acids is 1. The van der Waals surface area contributed by atoms with Crippen molar-refractivity contribution >= 4 is 33.0 Å². The van der Waals surface area contributed by atoms with Gasteiger partial charge in [-0.3, -0.25) is 9.52 Å². The first-order valence-corrected chi connectivity index (χ1v) is 10.8. The van der Waals surface area contributed by atoms with Crippen molar-refractivity contribution in [3.63, 3.8) is 0 Å². The number of sulfonamides is 1. The van der Waals surface area contributed by atoms with Crippen LogP contribution >= 0.6 is 11.3 Å². The summed E-state index contributed by atoms with van der Waals surface area (Å²) in [6, 6.07) is 17.4. The first-order chi connectivity index (χ1) is 12.8. The Hall–Kier alpha value is -2.64. The summed E-state index contributed by atoms with van der Waals surface area (Å²) in [5.74, 6) is -0.212. The van der Waals surface area contributed by atoms with Crippen molar-refractivity contribution in [2.75, 3.05) is 4.72 Å². The van der Waals surface area contributed by atoms with Crippen LogP contribution in [0.1, 0.15) is 34.5 Å². The number of thiophene rings is 1. The molecule has 27 heavy (non-hydrogen) atoms. The van der Waals surface area contributed by atoms with Crippen LogP contribution in [-0.4, -0.2) is 14.3 Å². The Kier molecular flexibility index (Phi) is 5.62. The van der Waals surface area contributed by atoms with E-state index in [1.807, 2.05) is 38.1 Å². The Morgan fingerprint density at radius 3 is 2.26 bits per heavy atom. The topological polar surface area (TPSA) is 75.3 Å². The Labute approximate surface area is 163 Å². The summed E-state index contributed by atoms with van der Waals surface area (Å²) in [6.07, 6.45) is 0. The van der Waals surface area contributed by atoms with Crippen LogP contribution in [0.25, 0.3) is 0 Å². The fourth-order valence-corrected chi connectivity index (χ4v) is 4.58. The zero-order valence-electron chi connectivity index (χ0n) is 15.0. The number of benzene rings is 2. The predicted molar refractivity (Wildman–Crippen MR) is 109 cm³/mol. The minimum absolute atomic E-state index is 0.130. The van der Waals surface area contributed by atoms with E-state index in [9.17, 15) is 13.2 Å². The highest BCUT2D eigenvalue weighted by molar-refractivity contribution is 7.94. The standard InChI is InChI=1S/C20H20N2O3S2/c1-14-5-7-16(8-6-14)15(2)21-20(23)17-9-11-18(12-10-17)22-27(24,25)19-4-3-13-26-19/h3-13,15,22H,1-2H3,(H,21,23)/t15-/m0/s1. The Morgan fingerprint density at radius 2 is 1.67 bits per heavy atom. The molecule has 1 amide bonds. The molecule has 140 valence electrons. The van der Waals surface area contributed by atoms with Gasteiger partial charge in [-0.1, -0.05) is 35.9 Å². The number of aryl methyl sites for hydroxylation is 1. The van der Waals surface area contributed by atoms with Crippen molar-refractivity contribution in [1.82, 2.24) is 5.32 Å². The first kappa shape index (κ1) is 19.1. The molecule has 0 bridgehead atoms. The summed E-state index contributed by atoms with van der Waals surface area (Å²) in [4.78, 5) is 12.4. The third kappa shape index (κ3) is 4.75. The van der Waals surface area contributed by atoms with Crippen molar-refractivity contribution in [2.24, 2.45) is 0 Å². The molecule has 3 aromatic rings. The van der Waals surface area contributed by atoms with E-state index >= 15 is 0 Å². The van der Waals surface area contributed by atoms with Gasteiger partial charge in [0.15, 0.2) is 0 Å². The van der Waals surface area contributed by atoms with Gasteiger partial charge in [-0.25, -0.2) is 8.42 Å². The first-order valence-electron chi connectivity index (χ1n) is 8.39. The van der Waals surface area contributed by atoms with Gasteiger partial charge < -0.3 is 5.32 Å². The normalized spacial score (nSPS) is 12.4. The quantitative estimate of drug-likeness (QED) is 0.646. The summed E-state index contributed by atoms with van der Waals surface area (Å²) < 4.78 is 27.2. The average molecular weight is 401 g/mol. The van der Waals surface area contributed by atoms with Gasteiger partial charge in [0.25, 0.3) is 15.9 Å². The van der Waals surface area contributed by atoms with Gasteiger partial charge >= 0.3 is 0 Å². The molecule has 0 spiro atoms.